The van der Waals surface area contributed by atoms with Crippen LogP contribution in [0.1, 0.15) is 23.0 Å². The van der Waals surface area contributed by atoms with E-state index in [-0.39, 0.29) is 34.8 Å². The highest BCUT2D eigenvalue weighted by atomic mass is 32.2. The summed E-state index contributed by atoms with van der Waals surface area (Å²) >= 11 is 1.08. The van der Waals surface area contributed by atoms with Crippen molar-refractivity contribution in [2.24, 2.45) is 0 Å². The predicted octanol–water partition coefficient (Wildman–Crippen LogP) is 1.26. The maximum absolute atomic E-state index is 11.8. The number of nitrogen functional groups attached to an aromatic ring is 1. The average molecular weight is 337 g/mol. The van der Waals surface area contributed by atoms with E-state index in [1.807, 2.05) is 0 Å². The van der Waals surface area contributed by atoms with Crippen LogP contribution in [0.4, 0.5) is 11.6 Å². The van der Waals surface area contributed by atoms with Crippen LogP contribution in [0.3, 0.4) is 0 Å². The average Bonchev–Trinajstić information content (AvgIpc) is 2.90. The first-order chi connectivity index (χ1) is 11.0. The van der Waals surface area contributed by atoms with Crippen LogP contribution in [0, 0.1) is 6.92 Å². The second-order valence-electron chi connectivity index (χ2n) is 4.33. The number of hydrogen-bond donors (Lipinski definition) is 2. The van der Waals surface area contributed by atoms with Crippen molar-refractivity contribution in [3.05, 3.63) is 23.6 Å². The van der Waals surface area contributed by atoms with Crippen LogP contribution in [-0.4, -0.2) is 39.4 Å². The van der Waals surface area contributed by atoms with E-state index >= 15 is 0 Å². The molecule has 10 heteroatoms. The smallest absolute Gasteiger partial charge is 0.343 e. The number of carbonyl (C=O) groups excluding carboxylic acids is 2. The Morgan fingerprint density at radius 3 is 2.87 bits per heavy atom. The number of amides is 1. The molecule has 23 heavy (non-hydrogen) atoms. The van der Waals surface area contributed by atoms with Gasteiger partial charge in [-0.05, 0) is 13.8 Å². The molecule has 1 amide bonds. The molecule has 2 heterocycles. The summed E-state index contributed by atoms with van der Waals surface area (Å²) in [5, 5.41) is 6.50. The Kier molecular flexibility index (Phi) is 5.52. The molecule has 0 aromatic carbocycles. The maximum Gasteiger partial charge on any atom is 0.343 e. The standard InChI is InChI=1S/C13H15N5O4S/c1-3-21-12(20)8-5-15-13(17-11(8)14)23-6-10(19)16-9-4-7(2)22-18-9/h4-5H,3,6H2,1-2H3,(H2,14,15,17)(H,16,18,19). The number of nitrogens with two attached hydrogens (primary N) is 1. The van der Waals surface area contributed by atoms with Gasteiger partial charge in [-0.2, -0.15) is 0 Å². The Balaban J connectivity index is 1.91. The highest BCUT2D eigenvalue weighted by Gasteiger charge is 2.14. The first-order valence-corrected chi connectivity index (χ1v) is 7.63. The lowest BCUT2D eigenvalue weighted by Crippen LogP contribution is -2.15. The van der Waals surface area contributed by atoms with Crippen LogP contribution >= 0.6 is 11.8 Å². The van der Waals surface area contributed by atoms with E-state index in [2.05, 4.69) is 20.4 Å². The number of nitrogens with zero attached hydrogens (tertiary/aromatic N) is 3. The second kappa shape index (κ2) is 7.58. The summed E-state index contributed by atoms with van der Waals surface area (Å²) in [6.07, 6.45) is 1.28. The topological polar surface area (TPSA) is 133 Å². The summed E-state index contributed by atoms with van der Waals surface area (Å²) in [6, 6.07) is 1.60. The summed E-state index contributed by atoms with van der Waals surface area (Å²) in [5.74, 6) is 0.128. The van der Waals surface area contributed by atoms with E-state index in [1.165, 1.54) is 6.20 Å². The second-order valence-corrected chi connectivity index (χ2v) is 5.27. The Hall–Kier alpha value is -2.62. The van der Waals surface area contributed by atoms with Gasteiger partial charge in [0.05, 0.1) is 12.4 Å². The molecule has 0 aliphatic rings. The van der Waals surface area contributed by atoms with Crippen LogP contribution in [0.15, 0.2) is 21.9 Å². The van der Waals surface area contributed by atoms with Crippen LogP contribution in [-0.2, 0) is 9.53 Å². The normalized spacial score (nSPS) is 10.3. The largest absolute Gasteiger partial charge is 0.462 e. The van der Waals surface area contributed by atoms with Gasteiger partial charge in [0.15, 0.2) is 11.0 Å². The van der Waals surface area contributed by atoms with Gasteiger partial charge in [-0.3, -0.25) is 4.79 Å². The Labute approximate surface area is 136 Å². The molecule has 0 atom stereocenters. The molecule has 3 N–H and O–H groups in total. The minimum Gasteiger partial charge on any atom is -0.462 e. The third kappa shape index (κ3) is 4.68. The van der Waals surface area contributed by atoms with Crippen molar-refractivity contribution in [2.75, 3.05) is 23.4 Å². The zero-order valence-corrected chi connectivity index (χ0v) is 13.3. The number of rotatable bonds is 6. The van der Waals surface area contributed by atoms with Crippen molar-refractivity contribution >= 4 is 35.3 Å². The lowest BCUT2D eigenvalue weighted by Gasteiger charge is -2.05. The van der Waals surface area contributed by atoms with Gasteiger partial charge in [0.2, 0.25) is 5.91 Å². The molecule has 2 rings (SSSR count). The van der Waals surface area contributed by atoms with Gasteiger partial charge in [-0.25, -0.2) is 14.8 Å². The first-order valence-electron chi connectivity index (χ1n) is 6.65. The Morgan fingerprint density at radius 1 is 1.48 bits per heavy atom. The zero-order valence-electron chi connectivity index (χ0n) is 12.5. The van der Waals surface area contributed by atoms with Crippen molar-refractivity contribution < 1.29 is 18.8 Å². The van der Waals surface area contributed by atoms with Crippen LogP contribution in [0.25, 0.3) is 0 Å². The molecule has 0 fully saturated rings. The Morgan fingerprint density at radius 2 is 2.26 bits per heavy atom. The van der Waals surface area contributed by atoms with E-state index in [1.54, 1.807) is 19.9 Å². The first kappa shape index (κ1) is 16.7. The summed E-state index contributed by atoms with van der Waals surface area (Å²) in [7, 11) is 0. The fourth-order valence-electron chi connectivity index (χ4n) is 1.55. The summed E-state index contributed by atoms with van der Waals surface area (Å²) < 4.78 is 9.67. The van der Waals surface area contributed by atoms with Crippen LogP contribution in [0.2, 0.25) is 0 Å². The molecule has 9 nitrogen and oxygen atoms in total. The summed E-state index contributed by atoms with van der Waals surface area (Å²) in [4.78, 5) is 31.3. The lowest BCUT2D eigenvalue weighted by molar-refractivity contribution is -0.113. The molecule has 0 aliphatic heterocycles. The van der Waals surface area contributed by atoms with Gasteiger partial charge in [0, 0.05) is 12.3 Å². The minimum atomic E-state index is -0.583. The van der Waals surface area contributed by atoms with Gasteiger partial charge in [-0.1, -0.05) is 16.9 Å². The monoisotopic (exact) mass is 337 g/mol. The molecular formula is C13H15N5O4S. The molecule has 0 saturated carbocycles. The number of ether oxygens (including phenoxy) is 1. The number of esters is 1. The number of thioether (sulfide) groups is 1. The van der Waals surface area contributed by atoms with Crippen molar-refractivity contribution in [3.8, 4) is 0 Å². The molecule has 2 aromatic rings. The number of aromatic nitrogens is 3. The van der Waals surface area contributed by atoms with Gasteiger partial charge in [0.25, 0.3) is 0 Å². The van der Waals surface area contributed by atoms with Crippen molar-refractivity contribution in [1.82, 2.24) is 15.1 Å². The minimum absolute atomic E-state index is 0.00786. The van der Waals surface area contributed by atoms with E-state index < -0.39 is 5.97 Å². The van der Waals surface area contributed by atoms with Crippen molar-refractivity contribution in [1.29, 1.82) is 0 Å². The number of carbonyl (C=O) groups is 2. The van der Waals surface area contributed by atoms with Gasteiger partial charge >= 0.3 is 5.97 Å². The fourth-order valence-corrected chi connectivity index (χ4v) is 2.17. The van der Waals surface area contributed by atoms with Gasteiger partial charge in [-0.15, -0.1) is 0 Å². The van der Waals surface area contributed by atoms with Crippen LogP contribution in [0.5, 0.6) is 0 Å². The third-order valence-corrected chi connectivity index (χ3v) is 3.38. The maximum atomic E-state index is 11.8. The van der Waals surface area contributed by atoms with E-state index in [0.717, 1.165) is 11.8 Å². The fraction of sp³-hybridized carbons (Fsp3) is 0.308. The molecule has 0 aliphatic carbocycles. The molecule has 122 valence electrons. The summed E-state index contributed by atoms with van der Waals surface area (Å²) in [6.45, 7) is 3.64. The van der Waals surface area contributed by atoms with E-state index in [9.17, 15) is 9.59 Å². The SMILES string of the molecule is CCOC(=O)c1cnc(SCC(=O)Nc2cc(C)on2)nc1N. The van der Waals surface area contributed by atoms with Gasteiger partial charge < -0.3 is 20.3 Å². The van der Waals surface area contributed by atoms with Gasteiger partial charge in [0.1, 0.15) is 17.1 Å². The number of nitrogens with one attached hydrogen (secondary N) is 1. The highest BCUT2D eigenvalue weighted by Crippen LogP contribution is 2.17. The van der Waals surface area contributed by atoms with Crippen molar-refractivity contribution in [2.45, 2.75) is 19.0 Å². The van der Waals surface area contributed by atoms with E-state index in [0.29, 0.717) is 11.6 Å². The lowest BCUT2D eigenvalue weighted by atomic mass is 10.3. The highest BCUT2D eigenvalue weighted by molar-refractivity contribution is 7.99. The predicted molar refractivity (Wildman–Crippen MR) is 83.0 cm³/mol. The zero-order chi connectivity index (χ0) is 16.8. The molecule has 0 bridgehead atoms. The molecule has 0 spiro atoms. The Bertz CT molecular complexity index is 718. The number of aryl methyl sites for hydroxylation is 1. The van der Waals surface area contributed by atoms with Crippen LogP contribution < -0.4 is 11.1 Å². The molecule has 0 radical (unpaired) electrons. The van der Waals surface area contributed by atoms with E-state index in [4.69, 9.17) is 15.0 Å². The number of hydrogen-bond acceptors (Lipinski definition) is 9. The number of anilines is 2. The molecule has 2 aromatic heterocycles. The quantitative estimate of drug-likeness (QED) is 0.454. The van der Waals surface area contributed by atoms with Crippen molar-refractivity contribution in [3.63, 3.8) is 0 Å². The molecular weight excluding hydrogens is 322 g/mol. The third-order valence-electron chi connectivity index (χ3n) is 2.52. The summed E-state index contributed by atoms with van der Waals surface area (Å²) in [5.41, 5.74) is 5.79. The molecule has 0 saturated heterocycles. The molecule has 0 unspecified atom stereocenters.